The van der Waals surface area contributed by atoms with Crippen LogP contribution in [-0.2, 0) is 12.0 Å². The summed E-state index contributed by atoms with van der Waals surface area (Å²) in [6, 6.07) is 10.6. The number of rotatable bonds is 4. The van der Waals surface area contributed by atoms with Crippen molar-refractivity contribution in [2.45, 2.75) is 39.7 Å². The Balaban J connectivity index is 1.62. The summed E-state index contributed by atoms with van der Waals surface area (Å²) in [6.07, 6.45) is 0. The van der Waals surface area contributed by atoms with E-state index in [1.54, 1.807) is 0 Å². The zero-order valence-electron chi connectivity index (χ0n) is 16.8. The number of guanidine groups is 1. The van der Waals surface area contributed by atoms with Gasteiger partial charge in [-0.15, -0.1) is 0 Å². The molecule has 146 valence electrons. The molecule has 0 aliphatic carbocycles. The van der Waals surface area contributed by atoms with Crippen LogP contribution in [0.5, 0.6) is 0 Å². The molecule has 2 heterocycles. The van der Waals surface area contributed by atoms with E-state index < -0.39 is 0 Å². The second-order valence-electron chi connectivity index (χ2n) is 7.75. The molecule has 0 atom stereocenters. The lowest BCUT2D eigenvalue weighted by atomic mass is 9.97. The summed E-state index contributed by atoms with van der Waals surface area (Å²) in [5.74, 6) is 2.18. The number of aromatic nitrogens is 2. The van der Waals surface area contributed by atoms with Crippen molar-refractivity contribution in [3.05, 3.63) is 42.0 Å². The molecule has 0 radical (unpaired) electrons. The summed E-state index contributed by atoms with van der Waals surface area (Å²) in [7, 11) is 0. The lowest BCUT2D eigenvalue weighted by molar-refractivity contribution is 0.318. The molecule has 1 saturated heterocycles. The van der Waals surface area contributed by atoms with Crippen molar-refractivity contribution in [3.63, 3.8) is 0 Å². The molecule has 0 unspecified atom stereocenters. The van der Waals surface area contributed by atoms with E-state index in [9.17, 15) is 0 Å². The highest BCUT2D eigenvalue weighted by Crippen LogP contribution is 2.20. The third-order valence-corrected chi connectivity index (χ3v) is 4.52. The van der Waals surface area contributed by atoms with Crippen LogP contribution in [0, 0.1) is 0 Å². The van der Waals surface area contributed by atoms with E-state index in [0.29, 0.717) is 18.3 Å². The van der Waals surface area contributed by atoms with Gasteiger partial charge >= 0.3 is 0 Å². The summed E-state index contributed by atoms with van der Waals surface area (Å²) in [6.45, 7) is 13.3. The fourth-order valence-corrected chi connectivity index (χ4v) is 3.01. The van der Waals surface area contributed by atoms with Crippen molar-refractivity contribution in [1.29, 1.82) is 0 Å². The van der Waals surface area contributed by atoms with Gasteiger partial charge in [0.25, 0.3) is 0 Å². The van der Waals surface area contributed by atoms with Crippen LogP contribution in [0.1, 0.15) is 39.4 Å². The Morgan fingerprint density at radius 2 is 1.85 bits per heavy atom. The predicted octanol–water partition coefficient (Wildman–Crippen LogP) is 2.65. The van der Waals surface area contributed by atoms with Gasteiger partial charge in [0, 0.05) is 43.8 Å². The van der Waals surface area contributed by atoms with Crippen LogP contribution in [0.15, 0.2) is 39.8 Å². The number of para-hydroxylation sites is 1. The molecule has 1 aromatic carbocycles. The molecular weight excluding hydrogens is 340 g/mol. The monoisotopic (exact) mass is 370 g/mol. The first kappa shape index (κ1) is 19.2. The fourth-order valence-electron chi connectivity index (χ4n) is 3.01. The van der Waals surface area contributed by atoms with E-state index in [-0.39, 0.29) is 5.41 Å². The maximum absolute atomic E-state index is 5.36. The van der Waals surface area contributed by atoms with Gasteiger partial charge in [-0.3, -0.25) is 0 Å². The standard InChI is InChI=1S/C20H30N6O/c1-5-21-19(22-15-17-23-18(27-24-17)20(2,3)4)26-13-11-25(12-14-26)16-9-7-6-8-10-16/h6-10H,5,11-15H2,1-4H3,(H,21,22). The Kier molecular flexibility index (Phi) is 5.98. The highest BCUT2D eigenvalue weighted by atomic mass is 16.5. The van der Waals surface area contributed by atoms with E-state index >= 15 is 0 Å². The smallest absolute Gasteiger partial charge is 0.232 e. The minimum atomic E-state index is -0.146. The third kappa shape index (κ3) is 4.99. The first-order chi connectivity index (χ1) is 13.0. The van der Waals surface area contributed by atoms with E-state index in [0.717, 1.165) is 38.7 Å². The van der Waals surface area contributed by atoms with Gasteiger partial charge < -0.3 is 19.6 Å². The number of nitrogens with zero attached hydrogens (tertiary/aromatic N) is 5. The Labute approximate surface area is 161 Å². The molecule has 0 bridgehead atoms. The molecule has 0 spiro atoms. The van der Waals surface area contributed by atoms with Crippen molar-refractivity contribution in [1.82, 2.24) is 20.4 Å². The van der Waals surface area contributed by atoms with Crippen LogP contribution in [0.25, 0.3) is 0 Å². The second kappa shape index (κ2) is 8.41. The first-order valence-electron chi connectivity index (χ1n) is 9.63. The van der Waals surface area contributed by atoms with Gasteiger partial charge in [0.2, 0.25) is 5.89 Å². The number of aliphatic imine (C=N–C) groups is 1. The molecule has 1 fully saturated rings. The molecule has 1 N–H and O–H groups in total. The summed E-state index contributed by atoms with van der Waals surface area (Å²) in [4.78, 5) is 13.9. The second-order valence-corrected chi connectivity index (χ2v) is 7.75. The topological polar surface area (TPSA) is 69.8 Å². The lowest BCUT2D eigenvalue weighted by Gasteiger charge is -2.37. The number of hydrogen-bond donors (Lipinski definition) is 1. The average molecular weight is 371 g/mol. The van der Waals surface area contributed by atoms with E-state index in [1.807, 2.05) is 0 Å². The zero-order valence-corrected chi connectivity index (χ0v) is 16.8. The molecule has 1 aliphatic rings. The molecular formula is C20H30N6O. The van der Waals surface area contributed by atoms with Gasteiger partial charge in [0.05, 0.1) is 0 Å². The van der Waals surface area contributed by atoms with Crippen LogP contribution in [-0.4, -0.2) is 53.7 Å². The Bertz CT molecular complexity index is 741. The van der Waals surface area contributed by atoms with Crippen LogP contribution in [0.4, 0.5) is 5.69 Å². The molecule has 0 amide bonds. The predicted molar refractivity (Wildman–Crippen MR) is 108 cm³/mol. The molecule has 27 heavy (non-hydrogen) atoms. The fraction of sp³-hybridized carbons (Fsp3) is 0.550. The molecule has 0 saturated carbocycles. The Hall–Kier alpha value is -2.57. The minimum Gasteiger partial charge on any atom is -0.368 e. The molecule has 7 nitrogen and oxygen atoms in total. The number of hydrogen-bond acceptors (Lipinski definition) is 5. The average Bonchev–Trinajstić information content (AvgIpc) is 3.16. The number of benzene rings is 1. The van der Waals surface area contributed by atoms with Crippen molar-refractivity contribution in [3.8, 4) is 0 Å². The van der Waals surface area contributed by atoms with Gasteiger partial charge in [-0.2, -0.15) is 4.98 Å². The Morgan fingerprint density at radius 1 is 1.15 bits per heavy atom. The Morgan fingerprint density at radius 3 is 2.44 bits per heavy atom. The van der Waals surface area contributed by atoms with Crippen LogP contribution >= 0.6 is 0 Å². The van der Waals surface area contributed by atoms with Crippen molar-refractivity contribution in [2.24, 2.45) is 4.99 Å². The largest absolute Gasteiger partial charge is 0.368 e. The number of piperazine rings is 1. The maximum atomic E-state index is 5.36. The molecule has 2 aromatic rings. The number of nitrogens with one attached hydrogen (secondary N) is 1. The normalized spacial score (nSPS) is 15.9. The summed E-state index contributed by atoms with van der Waals surface area (Å²) in [5, 5.41) is 7.45. The van der Waals surface area contributed by atoms with Gasteiger partial charge in [0.15, 0.2) is 11.8 Å². The first-order valence-corrected chi connectivity index (χ1v) is 9.63. The van der Waals surface area contributed by atoms with Crippen molar-refractivity contribution >= 4 is 11.6 Å². The minimum absolute atomic E-state index is 0.146. The third-order valence-electron chi connectivity index (χ3n) is 4.52. The SMILES string of the molecule is CCNC(=NCc1noc(C(C)(C)C)n1)N1CCN(c2ccccc2)CC1. The number of anilines is 1. The summed E-state index contributed by atoms with van der Waals surface area (Å²) >= 11 is 0. The highest BCUT2D eigenvalue weighted by Gasteiger charge is 2.22. The molecule has 3 rings (SSSR count). The van der Waals surface area contributed by atoms with E-state index in [2.05, 4.69) is 83.3 Å². The van der Waals surface area contributed by atoms with Crippen LogP contribution in [0.3, 0.4) is 0 Å². The molecule has 1 aromatic heterocycles. The van der Waals surface area contributed by atoms with Crippen molar-refractivity contribution < 1.29 is 4.52 Å². The molecule has 1 aliphatic heterocycles. The van der Waals surface area contributed by atoms with Gasteiger partial charge in [0.1, 0.15) is 6.54 Å². The maximum Gasteiger partial charge on any atom is 0.232 e. The summed E-state index contributed by atoms with van der Waals surface area (Å²) < 4.78 is 5.36. The van der Waals surface area contributed by atoms with E-state index in [1.165, 1.54) is 5.69 Å². The highest BCUT2D eigenvalue weighted by molar-refractivity contribution is 5.80. The van der Waals surface area contributed by atoms with Crippen LogP contribution < -0.4 is 10.2 Å². The molecule has 7 heteroatoms. The van der Waals surface area contributed by atoms with Gasteiger partial charge in [-0.05, 0) is 19.1 Å². The van der Waals surface area contributed by atoms with Gasteiger partial charge in [-0.25, -0.2) is 4.99 Å². The van der Waals surface area contributed by atoms with Gasteiger partial charge in [-0.1, -0.05) is 44.1 Å². The lowest BCUT2D eigenvalue weighted by Crippen LogP contribution is -2.52. The zero-order chi connectivity index (χ0) is 19.3. The van der Waals surface area contributed by atoms with E-state index in [4.69, 9.17) is 9.52 Å². The summed E-state index contributed by atoms with van der Waals surface area (Å²) in [5.41, 5.74) is 1.13. The van der Waals surface area contributed by atoms with Crippen molar-refractivity contribution in [2.75, 3.05) is 37.6 Å². The quantitative estimate of drug-likeness (QED) is 0.659. The van der Waals surface area contributed by atoms with Crippen LogP contribution in [0.2, 0.25) is 0 Å².